The zero-order valence-electron chi connectivity index (χ0n) is 17.0. The van der Waals surface area contributed by atoms with Crippen LogP contribution in [0.5, 0.6) is 11.5 Å². The zero-order valence-corrected chi connectivity index (χ0v) is 17.0. The number of rotatable bonds is 10. The molecule has 0 aliphatic heterocycles. The van der Waals surface area contributed by atoms with E-state index in [1.165, 1.54) is 0 Å². The molecule has 1 N–H and O–H groups in total. The van der Waals surface area contributed by atoms with Crippen molar-refractivity contribution in [3.8, 4) is 11.5 Å². The molecule has 1 aliphatic rings. The number of nitrogens with zero attached hydrogens (tertiary/aromatic N) is 1. The molecule has 2 aromatic carbocycles. The molecule has 1 atom stereocenters. The number of para-hydroxylation sites is 1. The van der Waals surface area contributed by atoms with Gasteiger partial charge in [0.05, 0.1) is 19.7 Å². The Morgan fingerprint density at radius 3 is 2.54 bits per heavy atom. The Labute approximate surface area is 167 Å². The lowest BCUT2D eigenvalue weighted by Gasteiger charge is -2.22. The Balaban J connectivity index is 1.46. The Morgan fingerprint density at radius 2 is 1.89 bits per heavy atom. The van der Waals surface area contributed by atoms with Crippen LogP contribution in [0, 0.1) is 12.8 Å². The molecule has 3 rings (SSSR count). The summed E-state index contributed by atoms with van der Waals surface area (Å²) in [6.45, 7) is 3.64. The lowest BCUT2D eigenvalue weighted by Crippen LogP contribution is -2.39. The first-order valence-electron chi connectivity index (χ1n) is 9.87. The summed E-state index contributed by atoms with van der Waals surface area (Å²) in [5.41, 5.74) is 2.26. The van der Waals surface area contributed by atoms with Crippen molar-refractivity contribution >= 4 is 5.91 Å². The van der Waals surface area contributed by atoms with Crippen molar-refractivity contribution in [2.24, 2.45) is 5.92 Å². The third-order valence-electron chi connectivity index (χ3n) is 5.12. The van der Waals surface area contributed by atoms with Crippen molar-refractivity contribution in [2.75, 3.05) is 33.9 Å². The molecule has 5 heteroatoms. The predicted molar refractivity (Wildman–Crippen MR) is 111 cm³/mol. The molecule has 1 amide bonds. The molecule has 2 aromatic rings. The molecular formula is C23H30N2O3. The van der Waals surface area contributed by atoms with Gasteiger partial charge < -0.3 is 14.8 Å². The number of carbonyl (C=O) groups excluding carboxylic acids is 1. The van der Waals surface area contributed by atoms with Gasteiger partial charge in [-0.05, 0) is 62.1 Å². The van der Waals surface area contributed by atoms with Gasteiger partial charge in [0.2, 0.25) is 5.91 Å². The number of benzene rings is 2. The maximum Gasteiger partial charge on any atom is 0.234 e. The largest absolute Gasteiger partial charge is 0.497 e. The number of ether oxygens (including phenoxy) is 2. The Bertz CT molecular complexity index is 772. The van der Waals surface area contributed by atoms with Crippen LogP contribution in [0.3, 0.4) is 0 Å². The number of likely N-dealkylation sites (N-methyl/N-ethyl adjacent to an activating group) is 1. The summed E-state index contributed by atoms with van der Waals surface area (Å²) in [6, 6.07) is 16.0. The molecule has 0 spiro atoms. The van der Waals surface area contributed by atoms with Crippen molar-refractivity contribution in [3.05, 3.63) is 59.7 Å². The molecule has 150 valence electrons. The number of aryl methyl sites for hydroxylation is 1. The van der Waals surface area contributed by atoms with E-state index in [0.29, 0.717) is 25.6 Å². The monoisotopic (exact) mass is 382 g/mol. The molecule has 28 heavy (non-hydrogen) atoms. The molecule has 0 aromatic heterocycles. The third kappa shape index (κ3) is 5.73. The highest BCUT2D eigenvalue weighted by molar-refractivity contribution is 5.78. The first-order valence-corrected chi connectivity index (χ1v) is 9.87. The van der Waals surface area contributed by atoms with E-state index in [-0.39, 0.29) is 11.9 Å². The molecule has 0 bridgehead atoms. The van der Waals surface area contributed by atoms with Gasteiger partial charge in [-0.3, -0.25) is 9.69 Å². The standard InChI is InChI=1S/C23H30N2O3/c1-17-6-4-5-7-21(17)28-15-14-25(2)16-22(26)24-23(18-8-9-18)19-10-12-20(27-3)13-11-19/h4-7,10-13,18,23H,8-9,14-16H2,1-3H3,(H,24,26). The van der Waals surface area contributed by atoms with Crippen molar-refractivity contribution in [1.82, 2.24) is 10.2 Å². The van der Waals surface area contributed by atoms with Gasteiger partial charge in [-0.15, -0.1) is 0 Å². The number of carbonyl (C=O) groups is 1. The summed E-state index contributed by atoms with van der Waals surface area (Å²) in [6.07, 6.45) is 2.33. The van der Waals surface area contributed by atoms with Gasteiger partial charge in [0.1, 0.15) is 18.1 Å². The Morgan fingerprint density at radius 1 is 1.18 bits per heavy atom. The Hall–Kier alpha value is -2.53. The first kappa shape index (κ1) is 20.2. The smallest absolute Gasteiger partial charge is 0.234 e. The normalized spacial score (nSPS) is 14.6. The van der Waals surface area contributed by atoms with E-state index in [9.17, 15) is 4.79 Å². The second-order valence-corrected chi connectivity index (χ2v) is 7.51. The Kier molecular flexibility index (Phi) is 6.93. The van der Waals surface area contributed by atoms with Crippen molar-refractivity contribution in [3.63, 3.8) is 0 Å². The van der Waals surface area contributed by atoms with Crippen LogP contribution in [0.1, 0.15) is 30.0 Å². The quantitative estimate of drug-likeness (QED) is 0.682. The van der Waals surface area contributed by atoms with Crippen molar-refractivity contribution < 1.29 is 14.3 Å². The first-order chi connectivity index (χ1) is 13.6. The van der Waals surface area contributed by atoms with E-state index in [1.807, 2.05) is 67.4 Å². The van der Waals surface area contributed by atoms with Crippen LogP contribution in [0.15, 0.2) is 48.5 Å². The van der Waals surface area contributed by atoms with E-state index in [4.69, 9.17) is 9.47 Å². The molecule has 1 unspecified atom stereocenters. The second-order valence-electron chi connectivity index (χ2n) is 7.51. The average Bonchev–Trinajstić information content (AvgIpc) is 3.53. The van der Waals surface area contributed by atoms with Gasteiger partial charge in [0, 0.05) is 6.54 Å². The van der Waals surface area contributed by atoms with Crippen LogP contribution in [-0.4, -0.2) is 44.7 Å². The number of amides is 1. The number of methoxy groups -OCH3 is 1. The summed E-state index contributed by atoms with van der Waals surface area (Å²) >= 11 is 0. The van der Waals surface area contributed by atoms with Crippen molar-refractivity contribution in [2.45, 2.75) is 25.8 Å². The summed E-state index contributed by atoms with van der Waals surface area (Å²) in [4.78, 5) is 14.6. The maximum absolute atomic E-state index is 12.6. The summed E-state index contributed by atoms with van der Waals surface area (Å²) in [5.74, 6) is 2.31. The average molecular weight is 383 g/mol. The van der Waals surface area contributed by atoms with Crippen LogP contribution >= 0.6 is 0 Å². The minimum absolute atomic E-state index is 0.0473. The zero-order chi connectivity index (χ0) is 19.9. The summed E-state index contributed by atoms with van der Waals surface area (Å²) < 4.78 is 11.1. The van der Waals surface area contributed by atoms with E-state index in [0.717, 1.165) is 35.5 Å². The van der Waals surface area contributed by atoms with Gasteiger partial charge in [-0.2, -0.15) is 0 Å². The molecule has 1 aliphatic carbocycles. The molecule has 0 heterocycles. The molecule has 0 saturated heterocycles. The second kappa shape index (κ2) is 9.60. The van der Waals surface area contributed by atoms with E-state index < -0.39 is 0 Å². The molecule has 0 radical (unpaired) electrons. The highest BCUT2D eigenvalue weighted by Crippen LogP contribution is 2.41. The fraction of sp³-hybridized carbons (Fsp3) is 0.435. The van der Waals surface area contributed by atoms with E-state index in [1.54, 1.807) is 7.11 Å². The maximum atomic E-state index is 12.6. The van der Waals surface area contributed by atoms with Crippen LogP contribution < -0.4 is 14.8 Å². The van der Waals surface area contributed by atoms with E-state index >= 15 is 0 Å². The fourth-order valence-electron chi connectivity index (χ4n) is 3.29. The number of hydrogen-bond donors (Lipinski definition) is 1. The predicted octanol–water partition coefficient (Wildman–Crippen LogP) is 3.58. The van der Waals surface area contributed by atoms with Crippen LogP contribution in [0.4, 0.5) is 0 Å². The topological polar surface area (TPSA) is 50.8 Å². The fourth-order valence-corrected chi connectivity index (χ4v) is 3.29. The van der Waals surface area contributed by atoms with Crippen LogP contribution in [-0.2, 0) is 4.79 Å². The summed E-state index contributed by atoms with van der Waals surface area (Å²) in [7, 11) is 3.61. The van der Waals surface area contributed by atoms with Crippen molar-refractivity contribution in [1.29, 1.82) is 0 Å². The van der Waals surface area contributed by atoms with Gasteiger partial charge in [0.25, 0.3) is 0 Å². The van der Waals surface area contributed by atoms with Gasteiger partial charge in [0.15, 0.2) is 0 Å². The highest BCUT2D eigenvalue weighted by Gasteiger charge is 2.33. The molecule has 1 saturated carbocycles. The summed E-state index contributed by atoms with van der Waals surface area (Å²) in [5, 5.41) is 3.22. The van der Waals surface area contributed by atoms with E-state index in [2.05, 4.69) is 5.32 Å². The third-order valence-corrected chi connectivity index (χ3v) is 5.12. The van der Waals surface area contributed by atoms with Crippen LogP contribution in [0.25, 0.3) is 0 Å². The van der Waals surface area contributed by atoms with Crippen LogP contribution in [0.2, 0.25) is 0 Å². The SMILES string of the molecule is COc1ccc(C(NC(=O)CN(C)CCOc2ccccc2C)C2CC2)cc1. The molecule has 1 fully saturated rings. The molecular weight excluding hydrogens is 352 g/mol. The number of nitrogens with one attached hydrogen (secondary N) is 1. The van der Waals surface area contributed by atoms with Gasteiger partial charge in [-0.25, -0.2) is 0 Å². The lowest BCUT2D eigenvalue weighted by molar-refractivity contribution is -0.122. The number of hydrogen-bond acceptors (Lipinski definition) is 4. The van der Waals surface area contributed by atoms with Gasteiger partial charge in [-0.1, -0.05) is 30.3 Å². The minimum Gasteiger partial charge on any atom is -0.497 e. The highest BCUT2D eigenvalue weighted by atomic mass is 16.5. The molecule has 5 nitrogen and oxygen atoms in total. The van der Waals surface area contributed by atoms with Gasteiger partial charge >= 0.3 is 0 Å². The minimum atomic E-state index is 0.0473. The lowest BCUT2D eigenvalue weighted by atomic mass is 10.0.